The lowest BCUT2D eigenvalue weighted by Crippen LogP contribution is -2.29. The molecule has 15 heavy (non-hydrogen) atoms. The summed E-state index contributed by atoms with van der Waals surface area (Å²) in [6.07, 6.45) is 1.42. The Morgan fingerprint density at radius 3 is 2.20 bits per heavy atom. The third-order valence-corrected chi connectivity index (χ3v) is 2.49. The molecule has 0 aliphatic carbocycles. The van der Waals surface area contributed by atoms with E-state index in [2.05, 4.69) is 19.2 Å². The molecule has 0 aliphatic heterocycles. The van der Waals surface area contributed by atoms with E-state index in [9.17, 15) is 4.79 Å². The third kappa shape index (κ3) is 6.63. The van der Waals surface area contributed by atoms with Gasteiger partial charge in [0.25, 0.3) is 0 Å². The van der Waals surface area contributed by atoms with Crippen LogP contribution in [0.25, 0.3) is 0 Å². The highest BCUT2D eigenvalue weighted by Gasteiger charge is 2.20. The van der Waals surface area contributed by atoms with Crippen molar-refractivity contribution in [1.29, 1.82) is 0 Å². The van der Waals surface area contributed by atoms with E-state index in [0.29, 0.717) is 12.5 Å². The standard InChI is InChI=1S/C12H25NO2/c1-9(2)12(15)11(6-8-14)5-7-13-10(3)4/h9-11,13-14H,5-8H2,1-4H3. The molecule has 0 amide bonds. The molecule has 3 nitrogen and oxygen atoms in total. The third-order valence-electron chi connectivity index (χ3n) is 2.49. The summed E-state index contributed by atoms with van der Waals surface area (Å²) < 4.78 is 0. The molecule has 0 heterocycles. The van der Waals surface area contributed by atoms with Crippen molar-refractivity contribution in [2.75, 3.05) is 13.2 Å². The molecule has 0 aliphatic rings. The number of nitrogens with one attached hydrogen (secondary N) is 1. The summed E-state index contributed by atoms with van der Waals surface area (Å²) in [5.41, 5.74) is 0. The first kappa shape index (κ1) is 14.6. The molecule has 90 valence electrons. The monoisotopic (exact) mass is 215 g/mol. The second-order valence-electron chi connectivity index (χ2n) is 4.66. The first-order chi connectivity index (χ1) is 6.99. The van der Waals surface area contributed by atoms with Gasteiger partial charge in [0.1, 0.15) is 5.78 Å². The number of aliphatic hydroxyl groups is 1. The fraction of sp³-hybridized carbons (Fsp3) is 0.917. The van der Waals surface area contributed by atoms with Gasteiger partial charge in [-0.3, -0.25) is 4.79 Å². The largest absolute Gasteiger partial charge is 0.396 e. The summed E-state index contributed by atoms with van der Waals surface area (Å²) in [7, 11) is 0. The van der Waals surface area contributed by atoms with Crippen LogP contribution in [0, 0.1) is 11.8 Å². The number of rotatable bonds is 8. The van der Waals surface area contributed by atoms with Gasteiger partial charge >= 0.3 is 0 Å². The van der Waals surface area contributed by atoms with Crippen LogP contribution in [0.3, 0.4) is 0 Å². The fourth-order valence-electron chi connectivity index (χ4n) is 1.60. The van der Waals surface area contributed by atoms with Gasteiger partial charge in [0.05, 0.1) is 0 Å². The molecule has 0 aromatic rings. The number of hydrogen-bond acceptors (Lipinski definition) is 3. The Kier molecular flexibility index (Phi) is 7.61. The summed E-state index contributed by atoms with van der Waals surface area (Å²) in [4.78, 5) is 11.8. The van der Waals surface area contributed by atoms with Gasteiger partial charge in [-0.1, -0.05) is 27.7 Å². The highest BCUT2D eigenvalue weighted by molar-refractivity contribution is 5.82. The van der Waals surface area contributed by atoms with E-state index < -0.39 is 0 Å². The van der Waals surface area contributed by atoms with Crippen molar-refractivity contribution in [2.45, 2.75) is 46.6 Å². The Morgan fingerprint density at radius 1 is 1.20 bits per heavy atom. The van der Waals surface area contributed by atoms with Crippen molar-refractivity contribution < 1.29 is 9.90 Å². The van der Waals surface area contributed by atoms with Crippen molar-refractivity contribution in [2.24, 2.45) is 11.8 Å². The maximum atomic E-state index is 11.8. The van der Waals surface area contributed by atoms with Crippen LogP contribution in [0.4, 0.5) is 0 Å². The Morgan fingerprint density at radius 2 is 1.80 bits per heavy atom. The number of carbonyl (C=O) groups excluding carboxylic acids is 1. The van der Waals surface area contributed by atoms with Crippen LogP contribution in [0.1, 0.15) is 40.5 Å². The van der Waals surface area contributed by atoms with Crippen LogP contribution in [0.2, 0.25) is 0 Å². The van der Waals surface area contributed by atoms with Crippen molar-refractivity contribution >= 4 is 5.78 Å². The SMILES string of the molecule is CC(C)NCCC(CCO)C(=O)C(C)C. The number of aliphatic hydroxyl groups excluding tert-OH is 1. The minimum atomic E-state index is 0.0150. The van der Waals surface area contributed by atoms with E-state index >= 15 is 0 Å². The number of ketones is 1. The van der Waals surface area contributed by atoms with Crippen molar-refractivity contribution in [3.63, 3.8) is 0 Å². The molecule has 0 spiro atoms. The molecule has 0 aromatic heterocycles. The fourth-order valence-corrected chi connectivity index (χ4v) is 1.60. The van der Waals surface area contributed by atoms with Gasteiger partial charge in [-0.2, -0.15) is 0 Å². The number of hydrogen-bond donors (Lipinski definition) is 2. The zero-order chi connectivity index (χ0) is 11.8. The van der Waals surface area contributed by atoms with Crippen LogP contribution < -0.4 is 5.32 Å². The molecule has 0 radical (unpaired) electrons. The first-order valence-corrected chi connectivity index (χ1v) is 5.87. The van der Waals surface area contributed by atoms with Gasteiger partial charge in [0, 0.05) is 24.5 Å². The van der Waals surface area contributed by atoms with Crippen molar-refractivity contribution in [3.05, 3.63) is 0 Å². The molecule has 2 N–H and O–H groups in total. The van der Waals surface area contributed by atoms with Crippen LogP contribution in [0.5, 0.6) is 0 Å². The van der Waals surface area contributed by atoms with Crippen LogP contribution in [-0.2, 0) is 4.79 Å². The van der Waals surface area contributed by atoms with Gasteiger partial charge in [0.15, 0.2) is 0 Å². The summed E-state index contributed by atoms with van der Waals surface area (Å²) in [5, 5.41) is 12.2. The minimum Gasteiger partial charge on any atom is -0.396 e. The number of Topliss-reactive ketones (excluding diaryl/α,β-unsaturated/α-hetero) is 1. The van der Waals surface area contributed by atoms with Crippen LogP contribution in [0.15, 0.2) is 0 Å². The zero-order valence-corrected chi connectivity index (χ0v) is 10.4. The molecule has 0 rings (SSSR count). The molecule has 0 saturated heterocycles. The molecule has 0 fully saturated rings. The molecule has 1 atom stereocenters. The molecular formula is C12H25NO2. The van der Waals surface area contributed by atoms with Gasteiger partial charge in [-0.05, 0) is 19.4 Å². The number of carbonyl (C=O) groups is 1. The smallest absolute Gasteiger partial charge is 0.138 e. The van der Waals surface area contributed by atoms with Crippen molar-refractivity contribution in [1.82, 2.24) is 5.32 Å². The quantitative estimate of drug-likeness (QED) is 0.646. The molecule has 3 heteroatoms. The van der Waals surface area contributed by atoms with Crippen LogP contribution in [-0.4, -0.2) is 30.1 Å². The second-order valence-corrected chi connectivity index (χ2v) is 4.66. The Bertz CT molecular complexity index is 178. The highest BCUT2D eigenvalue weighted by atomic mass is 16.3. The molecule has 0 saturated carbocycles. The van der Waals surface area contributed by atoms with E-state index in [1.54, 1.807) is 0 Å². The average molecular weight is 215 g/mol. The van der Waals surface area contributed by atoms with E-state index in [4.69, 9.17) is 5.11 Å². The normalized spacial score (nSPS) is 13.5. The Balaban J connectivity index is 3.98. The van der Waals surface area contributed by atoms with Gasteiger partial charge < -0.3 is 10.4 Å². The molecule has 1 unspecified atom stereocenters. The second kappa shape index (κ2) is 7.83. The molecule has 0 aromatic carbocycles. The predicted octanol–water partition coefficient (Wildman–Crippen LogP) is 1.60. The molecule has 0 bridgehead atoms. The van der Waals surface area contributed by atoms with Crippen molar-refractivity contribution in [3.8, 4) is 0 Å². The van der Waals surface area contributed by atoms with Gasteiger partial charge in [0.2, 0.25) is 0 Å². The summed E-state index contributed by atoms with van der Waals surface area (Å²) >= 11 is 0. The maximum Gasteiger partial charge on any atom is 0.138 e. The highest BCUT2D eigenvalue weighted by Crippen LogP contribution is 2.14. The zero-order valence-electron chi connectivity index (χ0n) is 10.4. The summed E-state index contributed by atoms with van der Waals surface area (Å²) in [6, 6.07) is 0.453. The topological polar surface area (TPSA) is 49.3 Å². The van der Waals surface area contributed by atoms with E-state index in [1.165, 1.54) is 0 Å². The van der Waals surface area contributed by atoms with Gasteiger partial charge in [-0.15, -0.1) is 0 Å². The lowest BCUT2D eigenvalue weighted by atomic mass is 9.90. The maximum absolute atomic E-state index is 11.8. The molecular weight excluding hydrogens is 190 g/mol. The minimum absolute atomic E-state index is 0.0150. The average Bonchev–Trinajstić information content (AvgIpc) is 2.14. The Labute approximate surface area is 93.3 Å². The van der Waals surface area contributed by atoms with E-state index in [0.717, 1.165) is 13.0 Å². The lowest BCUT2D eigenvalue weighted by Gasteiger charge is -2.18. The first-order valence-electron chi connectivity index (χ1n) is 5.87. The summed E-state index contributed by atoms with van der Waals surface area (Å²) in [5.74, 6) is 0.358. The Hall–Kier alpha value is -0.410. The van der Waals surface area contributed by atoms with Crippen LogP contribution >= 0.6 is 0 Å². The lowest BCUT2D eigenvalue weighted by molar-refractivity contribution is -0.126. The van der Waals surface area contributed by atoms with Gasteiger partial charge in [-0.25, -0.2) is 0 Å². The van der Waals surface area contributed by atoms with E-state index in [1.807, 2.05) is 13.8 Å². The van der Waals surface area contributed by atoms with E-state index in [-0.39, 0.29) is 24.2 Å². The predicted molar refractivity (Wildman–Crippen MR) is 62.8 cm³/mol. The summed E-state index contributed by atoms with van der Waals surface area (Å²) in [6.45, 7) is 8.97.